The van der Waals surface area contributed by atoms with E-state index in [0.717, 1.165) is 12.0 Å². The molecule has 0 amide bonds. The Kier molecular flexibility index (Phi) is 4.04. The second-order valence-electron chi connectivity index (χ2n) is 7.59. The third kappa shape index (κ3) is 3.20. The number of rotatable bonds is 2. The second-order valence-corrected chi connectivity index (χ2v) is 7.59. The Morgan fingerprint density at radius 3 is 2.62 bits per heavy atom. The zero-order valence-electron chi connectivity index (χ0n) is 13.6. The molecule has 4 atom stereocenters. The molecule has 0 bridgehead atoms. The third-order valence-corrected chi connectivity index (χ3v) is 5.19. The van der Waals surface area contributed by atoms with Gasteiger partial charge in [-0.25, -0.2) is 0 Å². The van der Waals surface area contributed by atoms with Crippen LogP contribution in [0.3, 0.4) is 0 Å². The molecule has 2 rings (SSSR count). The van der Waals surface area contributed by atoms with Crippen LogP contribution in [0.15, 0.2) is 11.6 Å². The molecule has 4 heteroatoms. The summed E-state index contributed by atoms with van der Waals surface area (Å²) in [6, 6.07) is 0. The van der Waals surface area contributed by atoms with Crippen molar-refractivity contribution >= 4 is 11.8 Å². The Balaban J connectivity index is 2.35. The summed E-state index contributed by atoms with van der Waals surface area (Å²) in [6.07, 6.45) is 3.27. The highest BCUT2D eigenvalue weighted by atomic mass is 16.5. The van der Waals surface area contributed by atoms with Crippen LogP contribution in [0.5, 0.6) is 0 Å². The van der Waals surface area contributed by atoms with E-state index in [1.807, 2.05) is 6.92 Å². The van der Waals surface area contributed by atoms with Crippen LogP contribution in [-0.4, -0.2) is 28.6 Å². The molecule has 0 radical (unpaired) electrons. The minimum absolute atomic E-state index is 0.115. The number of hydrogen-bond donors (Lipinski definition) is 1. The first-order valence-electron chi connectivity index (χ1n) is 7.63. The van der Waals surface area contributed by atoms with E-state index in [-0.39, 0.29) is 35.1 Å². The van der Waals surface area contributed by atoms with Crippen molar-refractivity contribution < 1.29 is 19.4 Å². The van der Waals surface area contributed by atoms with Crippen LogP contribution in [0.1, 0.15) is 53.9 Å². The smallest absolute Gasteiger partial charge is 0.302 e. The van der Waals surface area contributed by atoms with Gasteiger partial charge in [0.2, 0.25) is 0 Å². The summed E-state index contributed by atoms with van der Waals surface area (Å²) in [6.45, 7) is 9.03. The van der Waals surface area contributed by atoms with Gasteiger partial charge in [-0.1, -0.05) is 12.5 Å². The van der Waals surface area contributed by atoms with Gasteiger partial charge in [-0.15, -0.1) is 0 Å². The molecule has 1 fully saturated rings. The fraction of sp³-hybridized carbons (Fsp3) is 0.765. The summed E-state index contributed by atoms with van der Waals surface area (Å²) in [5.74, 6) is -0.0327. The molecule has 0 aromatic heterocycles. The molecule has 0 unspecified atom stereocenters. The topological polar surface area (TPSA) is 63.6 Å². The summed E-state index contributed by atoms with van der Waals surface area (Å²) in [7, 11) is 0. The van der Waals surface area contributed by atoms with Gasteiger partial charge in [0.15, 0.2) is 5.78 Å². The first-order valence-corrected chi connectivity index (χ1v) is 7.63. The molecule has 118 valence electrons. The Morgan fingerprint density at radius 1 is 1.48 bits per heavy atom. The van der Waals surface area contributed by atoms with E-state index >= 15 is 0 Å². The molecular weight excluding hydrogens is 268 g/mol. The molecule has 0 aliphatic heterocycles. The maximum Gasteiger partial charge on any atom is 0.302 e. The maximum atomic E-state index is 11.9. The highest BCUT2D eigenvalue weighted by molar-refractivity contribution is 5.92. The van der Waals surface area contributed by atoms with E-state index in [2.05, 4.69) is 6.92 Å². The van der Waals surface area contributed by atoms with E-state index in [0.29, 0.717) is 12.8 Å². The van der Waals surface area contributed by atoms with Crippen molar-refractivity contribution in [1.82, 2.24) is 0 Å². The van der Waals surface area contributed by atoms with Gasteiger partial charge >= 0.3 is 5.97 Å². The lowest BCUT2D eigenvalue weighted by Gasteiger charge is -2.52. The molecule has 1 saturated carbocycles. The van der Waals surface area contributed by atoms with Crippen LogP contribution in [0.4, 0.5) is 0 Å². The number of ether oxygens (including phenoxy) is 1. The summed E-state index contributed by atoms with van der Waals surface area (Å²) in [5, 5.41) is 10.5. The molecule has 0 heterocycles. The Morgan fingerprint density at radius 2 is 2.10 bits per heavy atom. The number of fused-ring (bicyclic) bond motifs is 1. The first-order chi connectivity index (χ1) is 9.53. The zero-order chi connectivity index (χ0) is 16.0. The summed E-state index contributed by atoms with van der Waals surface area (Å²) in [4.78, 5) is 23.3. The average molecular weight is 294 g/mol. The average Bonchev–Trinajstić information content (AvgIpc) is 2.23. The third-order valence-electron chi connectivity index (χ3n) is 5.19. The molecule has 0 spiro atoms. The highest BCUT2D eigenvalue weighted by Crippen LogP contribution is 2.53. The van der Waals surface area contributed by atoms with Gasteiger partial charge in [0.05, 0.1) is 5.60 Å². The minimum Gasteiger partial charge on any atom is -0.462 e. The molecule has 0 aromatic carbocycles. The molecule has 0 saturated heterocycles. The van der Waals surface area contributed by atoms with E-state index in [1.165, 1.54) is 6.92 Å². The number of carbonyl (C=O) groups excluding carboxylic acids is 2. The molecule has 21 heavy (non-hydrogen) atoms. The lowest BCUT2D eigenvalue weighted by molar-refractivity contribution is -0.167. The van der Waals surface area contributed by atoms with Crippen molar-refractivity contribution in [2.45, 2.75) is 65.6 Å². The van der Waals surface area contributed by atoms with Crippen molar-refractivity contribution in [3.8, 4) is 0 Å². The molecule has 2 aliphatic carbocycles. The maximum absolute atomic E-state index is 11.9. The lowest BCUT2D eigenvalue weighted by Crippen LogP contribution is -2.52. The summed E-state index contributed by atoms with van der Waals surface area (Å²) < 4.78 is 5.49. The van der Waals surface area contributed by atoms with Gasteiger partial charge in [0, 0.05) is 19.3 Å². The normalized spacial score (nSPS) is 36.8. The van der Waals surface area contributed by atoms with Crippen LogP contribution in [0.25, 0.3) is 0 Å². The van der Waals surface area contributed by atoms with Crippen LogP contribution in [-0.2, 0) is 14.3 Å². The van der Waals surface area contributed by atoms with Gasteiger partial charge in [0.25, 0.3) is 0 Å². The largest absolute Gasteiger partial charge is 0.462 e. The zero-order valence-corrected chi connectivity index (χ0v) is 13.6. The fourth-order valence-electron chi connectivity index (χ4n) is 4.25. The number of carbonyl (C=O) groups is 2. The predicted molar refractivity (Wildman–Crippen MR) is 79.6 cm³/mol. The van der Waals surface area contributed by atoms with E-state index in [9.17, 15) is 14.7 Å². The molecule has 0 aromatic rings. The van der Waals surface area contributed by atoms with Crippen molar-refractivity contribution in [2.24, 2.45) is 17.3 Å². The van der Waals surface area contributed by atoms with Gasteiger partial charge in [-0.05, 0) is 51.0 Å². The van der Waals surface area contributed by atoms with Crippen molar-refractivity contribution in [2.75, 3.05) is 0 Å². The fourth-order valence-corrected chi connectivity index (χ4v) is 4.25. The number of esters is 1. The Labute approximate surface area is 126 Å². The number of allylic oxidation sites excluding steroid dienone is 2. The van der Waals surface area contributed by atoms with E-state index < -0.39 is 5.60 Å². The number of ketones is 1. The van der Waals surface area contributed by atoms with Gasteiger partial charge < -0.3 is 9.84 Å². The van der Waals surface area contributed by atoms with Crippen molar-refractivity contribution in [3.63, 3.8) is 0 Å². The Bertz CT molecular complexity index is 486. The van der Waals surface area contributed by atoms with E-state index in [4.69, 9.17) is 4.74 Å². The standard InChI is InChI=1S/C17H26O4/c1-10-6-12(19)8-17(5)9-15(21-11(2)18)14(7-13(10)17)16(3,4)20/h6,13-15,20H,7-9H2,1-5H3/t13-,14-,15-,17+/m0/s1. The molecule has 1 N–H and O–H groups in total. The SMILES string of the molecule is CC(=O)O[C@H]1C[C@@]2(C)CC(=O)C=C(C)[C@@H]2C[C@@H]1C(C)(C)O. The lowest BCUT2D eigenvalue weighted by atomic mass is 9.55. The summed E-state index contributed by atoms with van der Waals surface area (Å²) >= 11 is 0. The van der Waals surface area contributed by atoms with Crippen LogP contribution >= 0.6 is 0 Å². The van der Waals surface area contributed by atoms with Crippen LogP contribution < -0.4 is 0 Å². The molecule has 4 nitrogen and oxygen atoms in total. The monoisotopic (exact) mass is 294 g/mol. The van der Waals surface area contributed by atoms with Crippen molar-refractivity contribution in [3.05, 3.63) is 11.6 Å². The van der Waals surface area contributed by atoms with Gasteiger partial charge in [-0.3, -0.25) is 9.59 Å². The van der Waals surface area contributed by atoms with Gasteiger partial charge in [0.1, 0.15) is 6.10 Å². The highest BCUT2D eigenvalue weighted by Gasteiger charge is 2.52. The predicted octanol–water partition coefficient (Wildman–Crippen LogP) is 2.64. The van der Waals surface area contributed by atoms with Crippen LogP contribution in [0.2, 0.25) is 0 Å². The first kappa shape index (κ1) is 16.2. The minimum atomic E-state index is -0.914. The summed E-state index contributed by atoms with van der Waals surface area (Å²) in [5.41, 5.74) is -0.00897. The van der Waals surface area contributed by atoms with E-state index in [1.54, 1.807) is 19.9 Å². The second kappa shape index (κ2) is 5.24. The molecule has 2 aliphatic rings. The quantitative estimate of drug-likeness (QED) is 0.795. The number of hydrogen-bond acceptors (Lipinski definition) is 4. The van der Waals surface area contributed by atoms with Crippen LogP contribution in [0, 0.1) is 17.3 Å². The van der Waals surface area contributed by atoms with Gasteiger partial charge in [-0.2, -0.15) is 0 Å². The number of aliphatic hydroxyl groups is 1. The van der Waals surface area contributed by atoms with Crippen molar-refractivity contribution in [1.29, 1.82) is 0 Å². The Hall–Kier alpha value is -1.16. The molecular formula is C17H26O4.